The van der Waals surface area contributed by atoms with E-state index in [4.69, 9.17) is 11.0 Å². The summed E-state index contributed by atoms with van der Waals surface area (Å²) in [6, 6.07) is 7.21. The van der Waals surface area contributed by atoms with Crippen LogP contribution in [0.2, 0.25) is 0 Å². The normalized spacial score (nSPS) is 18.0. The third kappa shape index (κ3) is 2.93. The second-order valence-corrected chi connectivity index (χ2v) is 5.05. The second kappa shape index (κ2) is 5.28. The van der Waals surface area contributed by atoms with Gasteiger partial charge in [0, 0.05) is 6.54 Å². The van der Waals surface area contributed by atoms with Crippen molar-refractivity contribution in [1.82, 2.24) is 0 Å². The van der Waals surface area contributed by atoms with Gasteiger partial charge in [-0.25, -0.2) is 0 Å². The van der Waals surface area contributed by atoms with Gasteiger partial charge in [-0.2, -0.15) is 5.26 Å². The first kappa shape index (κ1) is 12.7. The Labute approximate surface area is 107 Å². The fraction of sp³-hybridized carbons (Fsp3) is 0.500. The van der Waals surface area contributed by atoms with E-state index in [0.29, 0.717) is 17.8 Å². The van der Waals surface area contributed by atoms with E-state index in [-0.39, 0.29) is 0 Å². The number of nitrogens with one attached hydrogen (secondary N) is 1. The van der Waals surface area contributed by atoms with Gasteiger partial charge in [0.25, 0.3) is 0 Å². The van der Waals surface area contributed by atoms with Crippen LogP contribution in [0.1, 0.15) is 37.7 Å². The van der Waals surface area contributed by atoms with Crippen molar-refractivity contribution in [2.24, 2.45) is 0 Å². The highest BCUT2D eigenvalue weighted by molar-refractivity contribution is 5.68. The van der Waals surface area contributed by atoms with Gasteiger partial charge in [0.05, 0.1) is 28.6 Å². The Morgan fingerprint density at radius 3 is 2.67 bits per heavy atom. The molecule has 1 aliphatic carbocycles. The third-order valence-corrected chi connectivity index (χ3v) is 3.57. The first-order chi connectivity index (χ1) is 8.63. The number of nitrogen functional groups attached to an aromatic ring is 1. The zero-order valence-electron chi connectivity index (χ0n) is 10.4. The minimum absolute atomic E-state index is 0.517. The number of rotatable bonds is 3. The zero-order valence-corrected chi connectivity index (χ0v) is 10.4. The van der Waals surface area contributed by atoms with E-state index in [0.717, 1.165) is 31.4 Å². The SMILES string of the molecule is N#Cc1ccc(NCC2(O)CCCCC2)c(N)c1. The second-order valence-electron chi connectivity index (χ2n) is 5.05. The van der Waals surface area contributed by atoms with Gasteiger partial charge in [-0.15, -0.1) is 0 Å². The quantitative estimate of drug-likeness (QED) is 0.713. The Morgan fingerprint density at radius 2 is 2.06 bits per heavy atom. The largest absolute Gasteiger partial charge is 0.397 e. The van der Waals surface area contributed by atoms with Gasteiger partial charge in [-0.1, -0.05) is 19.3 Å². The van der Waals surface area contributed by atoms with Crippen LogP contribution in [-0.4, -0.2) is 17.3 Å². The minimum atomic E-state index is -0.613. The number of anilines is 2. The van der Waals surface area contributed by atoms with Crippen LogP contribution in [0.15, 0.2) is 18.2 Å². The van der Waals surface area contributed by atoms with Crippen LogP contribution in [0, 0.1) is 11.3 Å². The van der Waals surface area contributed by atoms with E-state index >= 15 is 0 Å². The van der Waals surface area contributed by atoms with E-state index < -0.39 is 5.60 Å². The number of nitriles is 1. The summed E-state index contributed by atoms with van der Waals surface area (Å²) in [5.74, 6) is 0. The van der Waals surface area contributed by atoms with E-state index in [9.17, 15) is 5.11 Å². The number of benzene rings is 1. The van der Waals surface area contributed by atoms with Crippen molar-refractivity contribution >= 4 is 11.4 Å². The Bertz CT molecular complexity index is 459. The summed E-state index contributed by atoms with van der Waals surface area (Å²) in [5.41, 5.74) is 7.13. The highest BCUT2D eigenvalue weighted by Gasteiger charge is 2.28. The molecule has 4 N–H and O–H groups in total. The van der Waals surface area contributed by atoms with E-state index in [1.165, 1.54) is 6.42 Å². The maximum Gasteiger partial charge on any atom is 0.0992 e. The lowest BCUT2D eigenvalue weighted by molar-refractivity contribution is 0.0167. The Morgan fingerprint density at radius 1 is 1.33 bits per heavy atom. The molecule has 0 saturated heterocycles. The smallest absolute Gasteiger partial charge is 0.0992 e. The van der Waals surface area contributed by atoms with Gasteiger partial charge in [0.15, 0.2) is 0 Å². The molecule has 0 spiro atoms. The standard InChI is InChI=1S/C14H19N3O/c15-9-11-4-5-13(12(16)8-11)17-10-14(18)6-2-1-3-7-14/h4-5,8,17-18H,1-3,6-7,10,16H2. The molecular formula is C14H19N3O. The number of aliphatic hydroxyl groups is 1. The maximum absolute atomic E-state index is 10.4. The molecule has 1 aromatic rings. The fourth-order valence-electron chi connectivity index (χ4n) is 2.44. The predicted octanol–water partition coefficient (Wildman–Crippen LogP) is 2.25. The summed E-state index contributed by atoms with van der Waals surface area (Å²) in [7, 11) is 0. The van der Waals surface area contributed by atoms with Crippen molar-refractivity contribution in [2.75, 3.05) is 17.6 Å². The molecule has 96 valence electrons. The molecule has 0 atom stereocenters. The number of hydrogen-bond donors (Lipinski definition) is 3. The summed E-state index contributed by atoms with van der Waals surface area (Å²) in [6.07, 6.45) is 5.07. The van der Waals surface area contributed by atoms with Gasteiger partial charge in [0.1, 0.15) is 0 Å². The van der Waals surface area contributed by atoms with Crippen molar-refractivity contribution < 1.29 is 5.11 Å². The van der Waals surface area contributed by atoms with Gasteiger partial charge in [0.2, 0.25) is 0 Å². The number of hydrogen-bond acceptors (Lipinski definition) is 4. The lowest BCUT2D eigenvalue weighted by atomic mass is 9.85. The summed E-state index contributed by atoms with van der Waals surface area (Å²) in [6.45, 7) is 0.517. The first-order valence-corrected chi connectivity index (χ1v) is 6.39. The zero-order chi connectivity index (χ0) is 13.0. The van der Waals surface area contributed by atoms with Crippen molar-refractivity contribution in [3.8, 4) is 6.07 Å². The fourth-order valence-corrected chi connectivity index (χ4v) is 2.44. The average Bonchev–Trinajstić information content (AvgIpc) is 2.38. The van der Waals surface area contributed by atoms with Gasteiger partial charge in [-0.3, -0.25) is 0 Å². The highest BCUT2D eigenvalue weighted by atomic mass is 16.3. The molecule has 0 amide bonds. The van der Waals surface area contributed by atoms with E-state index in [2.05, 4.69) is 11.4 Å². The van der Waals surface area contributed by atoms with Crippen LogP contribution in [0.3, 0.4) is 0 Å². The topological polar surface area (TPSA) is 82.1 Å². The summed E-state index contributed by atoms with van der Waals surface area (Å²) in [5, 5.41) is 22.3. The van der Waals surface area contributed by atoms with Gasteiger partial charge in [-0.05, 0) is 31.0 Å². The van der Waals surface area contributed by atoms with Gasteiger partial charge >= 0.3 is 0 Å². The van der Waals surface area contributed by atoms with E-state index in [1.807, 2.05) is 0 Å². The molecule has 1 aliphatic rings. The molecule has 1 saturated carbocycles. The molecule has 0 heterocycles. The number of nitrogens with zero attached hydrogens (tertiary/aromatic N) is 1. The molecule has 0 bridgehead atoms. The molecule has 0 radical (unpaired) electrons. The Balaban J connectivity index is 2.00. The van der Waals surface area contributed by atoms with Gasteiger partial charge < -0.3 is 16.2 Å². The first-order valence-electron chi connectivity index (χ1n) is 6.39. The molecule has 18 heavy (non-hydrogen) atoms. The molecule has 0 aromatic heterocycles. The molecule has 0 aliphatic heterocycles. The monoisotopic (exact) mass is 245 g/mol. The predicted molar refractivity (Wildman–Crippen MR) is 72.1 cm³/mol. The summed E-state index contributed by atoms with van der Waals surface area (Å²) >= 11 is 0. The average molecular weight is 245 g/mol. The van der Waals surface area contributed by atoms with Crippen LogP contribution >= 0.6 is 0 Å². The highest BCUT2D eigenvalue weighted by Crippen LogP contribution is 2.29. The van der Waals surface area contributed by atoms with Crippen molar-refractivity contribution in [3.63, 3.8) is 0 Å². The molecule has 1 aromatic carbocycles. The number of nitrogens with two attached hydrogens (primary N) is 1. The molecular weight excluding hydrogens is 226 g/mol. The van der Waals surface area contributed by atoms with Crippen molar-refractivity contribution in [1.29, 1.82) is 5.26 Å². The van der Waals surface area contributed by atoms with E-state index in [1.54, 1.807) is 18.2 Å². The molecule has 1 fully saturated rings. The lowest BCUT2D eigenvalue weighted by Crippen LogP contribution is -2.38. The Kier molecular flexibility index (Phi) is 3.73. The van der Waals surface area contributed by atoms with Crippen molar-refractivity contribution in [3.05, 3.63) is 23.8 Å². The molecule has 2 rings (SSSR count). The van der Waals surface area contributed by atoms with Crippen LogP contribution in [0.5, 0.6) is 0 Å². The van der Waals surface area contributed by atoms with Crippen LogP contribution in [-0.2, 0) is 0 Å². The Hall–Kier alpha value is -1.73. The van der Waals surface area contributed by atoms with Crippen molar-refractivity contribution in [2.45, 2.75) is 37.7 Å². The summed E-state index contributed by atoms with van der Waals surface area (Å²) in [4.78, 5) is 0. The minimum Gasteiger partial charge on any atom is -0.397 e. The van der Waals surface area contributed by atoms with Crippen LogP contribution in [0.4, 0.5) is 11.4 Å². The lowest BCUT2D eigenvalue weighted by Gasteiger charge is -2.32. The molecule has 4 heteroatoms. The van der Waals surface area contributed by atoms with Crippen LogP contribution in [0.25, 0.3) is 0 Å². The molecule has 4 nitrogen and oxygen atoms in total. The third-order valence-electron chi connectivity index (χ3n) is 3.57. The van der Waals surface area contributed by atoms with Crippen LogP contribution < -0.4 is 11.1 Å². The summed E-state index contributed by atoms with van der Waals surface area (Å²) < 4.78 is 0. The molecule has 0 unspecified atom stereocenters. The maximum atomic E-state index is 10.4.